The Bertz CT molecular complexity index is 376. The minimum absolute atomic E-state index is 0.0980. The van der Waals surface area contributed by atoms with Crippen molar-refractivity contribution in [3.05, 3.63) is 34.6 Å². The van der Waals surface area contributed by atoms with Gasteiger partial charge in [0.25, 0.3) is 0 Å². The van der Waals surface area contributed by atoms with Gasteiger partial charge in [-0.1, -0.05) is 30.7 Å². The molecule has 0 fully saturated rings. The Morgan fingerprint density at radius 3 is 2.78 bits per heavy atom. The van der Waals surface area contributed by atoms with Gasteiger partial charge < -0.3 is 16.2 Å². The third kappa shape index (κ3) is 3.92. The molecule has 18 heavy (non-hydrogen) atoms. The molecular formula is C13H20ClFN2O. The van der Waals surface area contributed by atoms with E-state index in [0.29, 0.717) is 12.0 Å². The molecule has 3 nitrogen and oxygen atoms in total. The van der Waals surface area contributed by atoms with Gasteiger partial charge in [-0.2, -0.15) is 0 Å². The number of rotatable bonds is 7. The number of benzene rings is 1. The Balaban J connectivity index is 2.85. The van der Waals surface area contributed by atoms with Crippen molar-refractivity contribution in [2.75, 3.05) is 13.2 Å². The van der Waals surface area contributed by atoms with E-state index in [4.69, 9.17) is 22.4 Å². The third-order valence-corrected chi connectivity index (χ3v) is 3.29. The molecule has 0 aliphatic heterocycles. The lowest BCUT2D eigenvalue weighted by Crippen LogP contribution is -2.37. The first-order chi connectivity index (χ1) is 8.63. The predicted octanol–water partition coefficient (Wildman–Crippen LogP) is 2.23. The first kappa shape index (κ1) is 15.4. The number of aliphatic hydroxyl groups excluding tert-OH is 1. The van der Waals surface area contributed by atoms with Crippen LogP contribution in [0.15, 0.2) is 18.2 Å². The molecule has 0 spiro atoms. The summed E-state index contributed by atoms with van der Waals surface area (Å²) in [4.78, 5) is 0. The van der Waals surface area contributed by atoms with Crippen LogP contribution in [0.3, 0.4) is 0 Å². The molecule has 0 amide bonds. The van der Waals surface area contributed by atoms with Crippen molar-refractivity contribution < 1.29 is 9.50 Å². The zero-order chi connectivity index (χ0) is 13.5. The molecule has 2 unspecified atom stereocenters. The summed E-state index contributed by atoms with van der Waals surface area (Å²) in [5.41, 5.74) is 6.16. The van der Waals surface area contributed by atoms with Crippen molar-refractivity contribution in [3.8, 4) is 0 Å². The Kier molecular flexibility index (Phi) is 6.57. The topological polar surface area (TPSA) is 58.3 Å². The average molecular weight is 275 g/mol. The lowest BCUT2D eigenvalue weighted by molar-refractivity contribution is 0.255. The molecule has 0 bridgehead atoms. The summed E-state index contributed by atoms with van der Waals surface area (Å²) < 4.78 is 13.9. The van der Waals surface area contributed by atoms with Crippen LogP contribution in [0.1, 0.15) is 31.4 Å². The Morgan fingerprint density at radius 1 is 1.50 bits per heavy atom. The molecule has 0 radical (unpaired) electrons. The van der Waals surface area contributed by atoms with Crippen LogP contribution in [-0.4, -0.2) is 24.3 Å². The third-order valence-electron chi connectivity index (χ3n) is 3.00. The van der Waals surface area contributed by atoms with Gasteiger partial charge >= 0.3 is 0 Å². The van der Waals surface area contributed by atoms with Crippen molar-refractivity contribution in [2.45, 2.75) is 31.8 Å². The summed E-state index contributed by atoms with van der Waals surface area (Å²) in [6, 6.07) is 4.72. The van der Waals surface area contributed by atoms with Crippen molar-refractivity contribution in [1.29, 1.82) is 0 Å². The lowest BCUT2D eigenvalue weighted by atomic mass is 10.0. The van der Waals surface area contributed by atoms with Crippen LogP contribution in [0.2, 0.25) is 5.02 Å². The van der Waals surface area contributed by atoms with E-state index in [1.165, 1.54) is 6.07 Å². The summed E-state index contributed by atoms with van der Waals surface area (Å²) in [7, 11) is 0. The Morgan fingerprint density at radius 2 is 2.22 bits per heavy atom. The van der Waals surface area contributed by atoms with E-state index < -0.39 is 5.82 Å². The van der Waals surface area contributed by atoms with Gasteiger partial charge in [-0.3, -0.25) is 0 Å². The molecular weight excluding hydrogens is 255 g/mol. The molecule has 0 heterocycles. The van der Waals surface area contributed by atoms with E-state index in [1.807, 2.05) is 6.92 Å². The second kappa shape index (κ2) is 7.69. The highest BCUT2D eigenvalue weighted by Crippen LogP contribution is 2.23. The SMILES string of the molecule is CCC(CCO)NC(CN)c1cccc(Cl)c1F. The molecule has 0 aliphatic rings. The Hall–Kier alpha value is -0.680. The number of halogens is 2. The predicted molar refractivity (Wildman–Crippen MR) is 72.1 cm³/mol. The molecule has 2 atom stereocenters. The monoisotopic (exact) mass is 274 g/mol. The van der Waals surface area contributed by atoms with Crippen LogP contribution in [-0.2, 0) is 0 Å². The van der Waals surface area contributed by atoms with Gasteiger partial charge in [-0.05, 0) is 18.9 Å². The smallest absolute Gasteiger partial charge is 0.146 e. The molecule has 5 heteroatoms. The molecule has 1 aromatic rings. The quantitative estimate of drug-likeness (QED) is 0.715. The second-order valence-corrected chi connectivity index (χ2v) is 4.62. The lowest BCUT2D eigenvalue weighted by Gasteiger charge is -2.24. The van der Waals surface area contributed by atoms with Crippen LogP contribution < -0.4 is 11.1 Å². The molecule has 0 saturated heterocycles. The van der Waals surface area contributed by atoms with Crippen LogP contribution >= 0.6 is 11.6 Å². The maximum absolute atomic E-state index is 13.9. The fraction of sp³-hybridized carbons (Fsp3) is 0.538. The molecule has 1 aromatic carbocycles. The van der Waals surface area contributed by atoms with E-state index in [2.05, 4.69) is 5.32 Å². The number of nitrogens with one attached hydrogen (secondary N) is 1. The van der Waals surface area contributed by atoms with Crippen LogP contribution in [0.25, 0.3) is 0 Å². The van der Waals surface area contributed by atoms with E-state index in [0.717, 1.165) is 6.42 Å². The largest absolute Gasteiger partial charge is 0.396 e. The standard InChI is InChI=1S/C13H20ClFN2O/c1-2-9(6-7-18)17-12(8-16)10-4-3-5-11(14)13(10)15/h3-5,9,12,17-18H,2,6-8,16H2,1H3. The zero-order valence-corrected chi connectivity index (χ0v) is 11.3. The van der Waals surface area contributed by atoms with Gasteiger partial charge in [0.15, 0.2) is 0 Å². The van der Waals surface area contributed by atoms with Crippen molar-refractivity contribution in [1.82, 2.24) is 5.32 Å². The maximum Gasteiger partial charge on any atom is 0.146 e. The summed E-state index contributed by atoms with van der Waals surface area (Å²) in [5.74, 6) is -0.430. The average Bonchev–Trinajstić information content (AvgIpc) is 2.38. The molecule has 102 valence electrons. The number of aliphatic hydroxyl groups is 1. The van der Waals surface area contributed by atoms with Crippen molar-refractivity contribution >= 4 is 11.6 Å². The van der Waals surface area contributed by atoms with Gasteiger partial charge in [-0.25, -0.2) is 4.39 Å². The van der Waals surface area contributed by atoms with Crippen molar-refractivity contribution in [2.24, 2.45) is 5.73 Å². The van der Waals surface area contributed by atoms with Gasteiger partial charge in [0.2, 0.25) is 0 Å². The summed E-state index contributed by atoms with van der Waals surface area (Å²) in [5, 5.41) is 12.3. The highest BCUT2D eigenvalue weighted by atomic mass is 35.5. The maximum atomic E-state index is 13.9. The number of hydrogen-bond donors (Lipinski definition) is 3. The van der Waals surface area contributed by atoms with Gasteiger partial charge in [-0.15, -0.1) is 0 Å². The molecule has 1 rings (SSSR count). The summed E-state index contributed by atoms with van der Waals surface area (Å²) in [6.45, 7) is 2.38. The molecule has 0 aromatic heterocycles. The van der Waals surface area contributed by atoms with E-state index in [1.54, 1.807) is 12.1 Å². The summed E-state index contributed by atoms with van der Waals surface area (Å²) in [6.07, 6.45) is 1.47. The number of nitrogens with two attached hydrogens (primary N) is 1. The second-order valence-electron chi connectivity index (χ2n) is 4.22. The molecule has 0 aliphatic carbocycles. The Labute approximate surface area is 112 Å². The van der Waals surface area contributed by atoms with E-state index >= 15 is 0 Å². The highest BCUT2D eigenvalue weighted by molar-refractivity contribution is 6.30. The van der Waals surface area contributed by atoms with Gasteiger partial charge in [0, 0.05) is 30.8 Å². The van der Waals surface area contributed by atoms with Gasteiger partial charge in [0.05, 0.1) is 5.02 Å². The minimum Gasteiger partial charge on any atom is -0.396 e. The first-order valence-electron chi connectivity index (χ1n) is 6.14. The fourth-order valence-electron chi connectivity index (χ4n) is 1.92. The molecule has 4 N–H and O–H groups in total. The fourth-order valence-corrected chi connectivity index (χ4v) is 2.10. The first-order valence-corrected chi connectivity index (χ1v) is 6.52. The van der Waals surface area contributed by atoms with Crippen LogP contribution in [0.4, 0.5) is 4.39 Å². The number of hydrogen-bond acceptors (Lipinski definition) is 3. The van der Waals surface area contributed by atoms with Crippen LogP contribution in [0, 0.1) is 5.82 Å². The van der Waals surface area contributed by atoms with E-state index in [9.17, 15) is 4.39 Å². The molecule has 0 saturated carbocycles. The highest BCUT2D eigenvalue weighted by Gasteiger charge is 2.18. The normalized spacial score (nSPS) is 14.5. The van der Waals surface area contributed by atoms with Crippen LogP contribution in [0.5, 0.6) is 0 Å². The van der Waals surface area contributed by atoms with Gasteiger partial charge in [0.1, 0.15) is 5.82 Å². The zero-order valence-electron chi connectivity index (χ0n) is 10.5. The van der Waals surface area contributed by atoms with Crippen molar-refractivity contribution in [3.63, 3.8) is 0 Å². The minimum atomic E-state index is -0.430. The van der Waals surface area contributed by atoms with E-state index in [-0.39, 0.29) is 30.3 Å². The summed E-state index contributed by atoms with van der Waals surface area (Å²) >= 11 is 5.76.